The number of rotatable bonds is 10. The zero-order valence-corrected chi connectivity index (χ0v) is 22.9. The molecule has 0 aliphatic rings. The topological polar surface area (TPSA) is 67.4 Å². The normalized spacial score (nSPS) is 12.2. The fourth-order valence-corrected chi connectivity index (χ4v) is 4.22. The lowest BCUT2D eigenvalue weighted by atomic mass is 9.86. The van der Waals surface area contributed by atoms with Gasteiger partial charge in [0.25, 0.3) is 5.91 Å². The maximum Gasteiger partial charge on any atom is 0.307 e. The molecule has 1 unspecified atom stereocenters. The predicted molar refractivity (Wildman–Crippen MR) is 152 cm³/mol. The number of hydrogen-bond donors (Lipinski definition) is 2. The first-order chi connectivity index (χ1) is 17.6. The number of ether oxygens (including phenoxy) is 1. The lowest BCUT2D eigenvalue weighted by molar-refractivity contribution is -0.140. The van der Waals surface area contributed by atoms with E-state index in [-0.39, 0.29) is 36.3 Å². The van der Waals surface area contributed by atoms with Crippen LogP contribution >= 0.6 is 0 Å². The third-order valence-corrected chi connectivity index (χ3v) is 6.43. The second-order valence-electron chi connectivity index (χ2n) is 10.9. The lowest BCUT2D eigenvalue weighted by Crippen LogP contribution is -2.26. The van der Waals surface area contributed by atoms with Gasteiger partial charge in [0.2, 0.25) is 0 Å². The van der Waals surface area contributed by atoms with Crippen molar-refractivity contribution in [2.45, 2.75) is 58.9 Å². The number of hydrogen-bond acceptors (Lipinski definition) is 4. The van der Waals surface area contributed by atoms with E-state index < -0.39 is 0 Å². The Bertz CT molecular complexity index is 1160. The van der Waals surface area contributed by atoms with E-state index in [9.17, 15) is 9.59 Å². The second kappa shape index (κ2) is 12.6. The molecule has 1 atom stereocenters. The Hall–Kier alpha value is -3.60. The van der Waals surface area contributed by atoms with Gasteiger partial charge >= 0.3 is 5.97 Å². The quantitative estimate of drug-likeness (QED) is 0.290. The SMILES string of the molecule is COC(=O)CCNC(=O)c1ccc(C(CC(C)C)Nc2ccc(-c3ccc(C(C)(C)C)cc3)cc2)cc1. The van der Waals surface area contributed by atoms with Crippen LogP contribution in [0.15, 0.2) is 72.8 Å². The van der Waals surface area contributed by atoms with Crippen LogP contribution in [0.4, 0.5) is 5.69 Å². The van der Waals surface area contributed by atoms with Crippen LogP contribution in [0.3, 0.4) is 0 Å². The van der Waals surface area contributed by atoms with Crippen molar-refractivity contribution in [2.75, 3.05) is 19.0 Å². The number of esters is 1. The average molecular weight is 501 g/mol. The van der Waals surface area contributed by atoms with Crippen LogP contribution in [0.1, 0.15) is 75.0 Å². The molecule has 3 rings (SSSR count). The molecular formula is C32H40N2O3. The number of carbonyl (C=O) groups excluding carboxylic acids is 2. The zero-order valence-electron chi connectivity index (χ0n) is 22.9. The van der Waals surface area contributed by atoms with Crippen molar-refractivity contribution in [2.24, 2.45) is 5.92 Å². The highest BCUT2D eigenvalue weighted by atomic mass is 16.5. The standard InChI is InChI=1S/C32H40N2O3/c1-22(2)21-29(25-7-9-26(10-8-25)31(36)33-20-19-30(35)37-6)34-28-17-13-24(14-18-28)23-11-15-27(16-12-23)32(3,4)5/h7-18,22,29,34H,19-21H2,1-6H3,(H,33,36). The highest BCUT2D eigenvalue weighted by Crippen LogP contribution is 2.29. The van der Waals surface area contributed by atoms with Gasteiger partial charge in [0.05, 0.1) is 19.6 Å². The van der Waals surface area contributed by atoms with Gasteiger partial charge in [0.1, 0.15) is 0 Å². The van der Waals surface area contributed by atoms with Gasteiger partial charge in [-0.1, -0.05) is 83.1 Å². The molecule has 3 aromatic carbocycles. The summed E-state index contributed by atoms with van der Waals surface area (Å²) in [6, 6.07) is 25.2. The van der Waals surface area contributed by atoms with Gasteiger partial charge in [0, 0.05) is 17.8 Å². The van der Waals surface area contributed by atoms with Crippen LogP contribution in [0.2, 0.25) is 0 Å². The first kappa shape index (κ1) is 28.0. The molecule has 0 saturated carbocycles. The molecule has 0 saturated heterocycles. The summed E-state index contributed by atoms with van der Waals surface area (Å²) in [6.07, 6.45) is 1.11. The van der Waals surface area contributed by atoms with Crippen LogP contribution in [-0.4, -0.2) is 25.5 Å². The van der Waals surface area contributed by atoms with Crippen molar-refractivity contribution >= 4 is 17.6 Å². The Morgan fingerprint density at radius 3 is 1.92 bits per heavy atom. The van der Waals surface area contributed by atoms with Gasteiger partial charge in [-0.25, -0.2) is 0 Å². The first-order valence-corrected chi connectivity index (χ1v) is 13.0. The molecule has 3 aromatic rings. The van der Waals surface area contributed by atoms with Gasteiger partial charge in [0.15, 0.2) is 0 Å². The van der Waals surface area contributed by atoms with Crippen LogP contribution in [0, 0.1) is 5.92 Å². The Kier molecular flexibility index (Phi) is 9.51. The van der Waals surface area contributed by atoms with Crippen LogP contribution in [-0.2, 0) is 14.9 Å². The molecule has 0 heterocycles. The lowest BCUT2D eigenvalue weighted by Gasteiger charge is -2.23. The fourth-order valence-electron chi connectivity index (χ4n) is 4.22. The zero-order chi connectivity index (χ0) is 27.0. The summed E-state index contributed by atoms with van der Waals surface area (Å²) in [4.78, 5) is 23.6. The molecule has 37 heavy (non-hydrogen) atoms. The third-order valence-electron chi connectivity index (χ3n) is 6.43. The summed E-state index contributed by atoms with van der Waals surface area (Å²) in [5, 5.41) is 6.44. The van der Waals surface area contributed by atoms with Crippen molar-refractivity contribution < 1.29 is 14.3 Å². The van der Waals surface area contributed by atoms with Gasteiger partial charge in [-0.2, -0.15) is 0 Å². The highest BCUT2D eigenvalue weighted by molar-refractivity contribution is 5.94. The van der Waals surface area contributed by atoms with E-state index in [1.54, 1.807) is 0 Å². The van der Waals surface area contributed by atoms with E-state index >= 15 is 0 Å². The van der Waals surface area contributed by atoms with Crippen LogP contribution < -0.4 is 10.6 Å². The van der Waals surface area contributed by atoms with Crippen LogP contribution in [0.25, 0.3) is 11.1 Å². The Morgan fingerprint density at radius 2 is 1.41 bits per heavy atom. The van der Waals surface area contributed by atoms with Gasteiger partial charge in [-0.15, -0.1) is 0 Å². The van der Waals surface area contributed by atoms with Crippen molar-refractivity contribution in [3.05, 3.63) is 89.5 Å². The number of amides is 1. The minimum atomic E-state index is -0.343. The molecule has 196 valence electrons. The van der Waals surface area contributed by atoms with Crippen molar-refractivity contribution in [1.29, 1.82) is 0 Å². The maximum absolute atomic E-state index is 12.4. The van der Waals surface area contributed by atoms with E-state index in [4.69, 9.17) is 0 Å². The summed E-state index contributed by atoms with van der Waals surface area (Å²) < 4.78 is 4.61. The number of anilines is 1. The average Bonchev–Trinajstić information content (AvgIpc) is 2.88. The largest absolute Gasteiger partial charge is 0.469 e. The van der Waals surface area contributed by atoms with E-state index in [2.05, 4.69) is 98.5 Å². The number of nitrogens with one attached hydrogen (secondary N) is 2. The summed E-state index contributed by atoms with van der Waals surface area (Å²) in [5.41, 5.74) is 6.62. The third kappa shape index (κ3) is 8.21. The number of benzene rings is 3. The first-order valence-electron chi connectivity index (χ1n) is 13.0. The molecule has 2 N–H and O–H groups in total. The van der Waals surface area contributed by atoms with Crippen LogP contribution in [0.5, 0.6) is 0 Å². The molecule has 5 nitrogen and oxygen atoms in total. The summed E-state index contributed by atoms with van der Waals surface area (Å²) in [5.74, 6) is -0.0425. The molecule has 0 aromatic heterocycles. The molecule has 0 aliphatic carbocycles. The molecule has 5 heteroatoms. The number of carbonyl (C=O) groups is 2. The summed E-state index contributed by atoms with van der Waals surface area (Å²) in [6.45, 7) is 11.4. The minimum absolute atomic E-state index is 0.119. The van der Waals surface area contributed by atoms with Crippen molar-refractivity contribution in [3.8, 4) is 11.1 Å². The number of methoxy groups -OCH3 is 1. The van der Waals surface area contributed by atoms with E-state index in [1.165, 1.54) is 23.8 Å². The molecule has 0 spiro atoms. The second-order valence-corrected chi connectivity index (χ2v) is 10.9. The molecule has 1 amide bonds. The molecule has 0 aliphatic heterocycles. The monoisotopic (exact) mass is 500 g/mol. The summed E-state index contributed by atoms with van der Waals surface area (Å²) in [7, 11) is 1.34. The molecule has 0 fully saturated rings. The molecular weight excluding hydrogens is 460 g/mol. The Labute approximate surface area is 221 Å². The Morgan fingerprint density at radius 1 is 0.838 bits per heavy atom. The molecule has 0 radical (unpaired) electrons. The predicted octanol–water partition coefficient (Wildman–Crippen LogP) is 7.14. The maximum atomic E-state index is 12.4. The van der Waals surface area contributed by atoms with E-state index in [0.29, 0.717) is 11.5 Å². The smallest absolute Gasteiger partial charge is 0.307 e. The molecule has 0 bridgehead atoms. The van der Waals surface area contributed by atoms with Gasteiger partial charge in [-0.05, 0) is 64.3 Å². The Balaban J connectivity index is 1.68. The van der Waals surface area contributed by atoms with E-state index in [0.717, 1.165) is 17.7 Å². The van der Waals surface area contributed by atoms with Crippen molar-refractivity contribution in [1.82, 2.24) is 5.32 Å². The summed E-state index contributed by atoms with van der Waals surface area (Å²) >= 11 is 0. The minimum Gasteiger partial charge on any atom is -0.469 e. The van der Waals surface area contributed by atoms with E-state index in [1.807, 2.05) is 24.3 Å². The fraction of sp³-hybridized carbons (Fsp3) is 0.375. The van der Waals surface area contributed by atoms with Gasteiger partial charge in [-0.3, -0.25) is 9.59 Å². The highest BCUT2D eigenvalue weighted by Gasteiger charge is 2.16. The van der Waals surface area contributed by atoms with Crippen molar-refractivity contribution in [3.63, 3.8) is 0 Å². The van der Waals surface area contributed by atoms with Gasteiger partial charge < -0.3 is 15.4 Å².